The van der Waals surface area contributed by atoms with E-state index in [4.69, 9.17) is 9.47 Å². The molecule has 5 nitrogen and oxygen atoms in total. The Bertz CT molecular complexity index is 739. The van der Waals surface area contributed by atoms with Crippen LogP contribution >= 0.6 is 24.0 Å². The van der Waals surface area contributed by atoms with E-state index in [1.54, 1.807) is 33.4 Å². The SMILES string of the molecule is CN=C(NCc1ccc(C)cc1OC)NCC(OC)c1ccc(F)cc1.I. The fraction of sp³-hybridized carbons (Fsp3) is 0.350. The normalized spacial score (nSPS) is 12.1. The van der Waals surface area contributed by atoms with Crippen molar-refractivity contribution in [2.75, 3.05) is 27.8 Å². The van der Waals surface area contributed by atoms with Crippen molar-refractivity contribution in [3.63, 3.8) is 0 Å². The van der Waals surface area contributed by atoms with Gasteiger partial charge >= 0.3 is 0 Å². The lowest BCUT2D eigenvalue weighted by molar-refractivity contribution is 0.106. The highest BCUT2D eigenvalue weighted by Crippen LogP contribution is 2.19. The molecule has 7 heteroatoms. The van der Waals surface area contributed by atoms with Crippen molar-refractivity contribution >= 4 is 29.9 Å². The number of guanidine groups is 1. The predicted molar refractivity (Wildman–Crippen MR) is 117 cm³/mol. The lowest BCUT2D eigenvalue weighted by Crippen LogP contribution is -2.39. The number of aryl methyl sites for hydroxylation is 1. The Morgan fingerprint density at radius 2 is 1.81 bits per heavy atom. The fourth-order valence-electron chi connectivity index (χ4n) is 2.60. The van der Waals surface area contributed by atoms with Crippen LogP contribution in [0.3, 0.4) is 0 Å². The van der Waals surface area contributed by atoms with Crippen LogP contribution in [0.2, 0.25) is 0 Å². The second-order valence-corrected chi connectivity index (χ2v) is 5.90. The third-order valence-corrected chi connectivity index (χ3v) is 4.09. The van der Waals surface area contributed by atoms with Crippen LogP contribution in [0.4, 0.5) is 4.39 Å². The summed E-state index contributed by atoms with van der Waals surface area (Å²) in [6.07, 6.45) is -0.205. The van der Waals surface area contributed by atoms with Crippen LogP contribution in [-0.4, -0.2) is 33.8 Å². The number of halogens is 2. The second kappa shape index (κ2) is 11.8. The molecule has 1 atom stereocenters. The number of nitrogens with one attached hydrogen (secondary N) is 2. The summed E-state index contributed by atoms with van der Waals surface area (Å²) in [5, 5.41) is 6.50. The van der Waals surface area contributed by atoms with E-state index in [9.17, 15) is 4.39 Å². The van der Waals surface area contributed by atoms with Crippen molar-refractivity contribution in [2.24, 2.45) is 4.99 Å². The van der Waals surface area contributed by atoms with Crippen LogP contribution in [0.25, 0.3) is 0 Å². The van der Waals surface area contributed by atoms with Crippen LogP contribution in [0.15, 0.2) is 47.5 Å². The first kappa shape index (κ1) is 23.2. The molecule has 0 heterocycles. The first-order valence-electron chi connectivity index (χ1n) is 8.43. The van der Waals surface area contributed by atoms with Crippen LogP contribution in [-0.2, 0) is 11.3 Å². The third-order valence-electron chi connectivity index (χ3n) is 4.09. The first-order chi connectivity index (χ1) is 12.6. The topological polar surface area (TPSA) is 54.9 Å². The molecule has 0 saturated heterocycles. The summed E-state index contributed by atoms with van der Waals surface area (Å²) in [5.74, 6) is 1.23. The maximum absolute atomic E-state index is 13.1. The van der Waals surface area contributed by atoms with E-state index in [1.165, 1.54) is 12.1 Å². The summed E-state index contributed by atoms with van der Waals surface area (Å²) in [5.41, 5.74) is 3.09. The molecular formula is C20H27FIN3O2. The van der Waals surface area contributed by atoms with Gasteiger partial charge in [0.25, 0.3) is 0 Å². The van der Waals surface area contributed by atoms with Crippen molar-refractivity contribution in [1.82, 2.24) is 10.6 Å². The average Bonchev–Trinajstić information content (AvgIpc) is 2.66. The summed E-state index contributed by atoms with van der Waals surface area (Å²) < 4.78 is 24.0. The van der Waals surface area contributed by atoms with E-state index in [0.717, 1.165) is 22.4 Å². The van der Waals surface area contributed by atoms with Gasteiger partial charge in [-0.15, -0.1) is 24.0 Å². The Balaban J connectivity index is 0.00000364. The highest BCUT2D eigenvalue weighted by atomic mass is 127. The van der Waals surface area contributed by atoms with Gasteiger partial charge in [-0.2, -0.15) is 0 Å². The van der Waals surface area contributed by atoms with Crippen LogP contribution in [0.1, 0.15) is 22.8 Å². The van der Waals surface area contributed by atoms with Gasteiger partial charge in [0.05, 0.1) is 13.2 Å². The third kappa shape index (κ3) is 6.99. The zero-order valence-electron chi connectivity index (χ0n) is 16.1. The summed E-state index contributed by atoms with van der Waals surface area (Å²) in [6.45, 7) is 3.12. The maximum atomic E-state index is 13.1. The van der Waals surface area contributed by atoms with Crippen LogP contribution < -0.4 is 15.4 Å². The lowest BCUT2D eigenvalue weighted by atomic mass is 10.1. The van der Waals surface area contributed by atoms with Crippen molar-refractivity contribution in [3.05, 3.63) is 65.0 Å². The van der Waals surface area contributed by atoms with Crippen LogP contribution in [0.5, 0.6) is 5.75 Å². The van der Waals surface area contributed by atoms with Gasteiger partial charge in [0, 0.05) is 32.8 Å². The Morgan fingerprint density at radius 1 is 1.11 bits per heavy atom. The molecule has 2 aromatic rings. The standard InChI is InChI=1S/C20H26FN3O2.HI/c1-14-5-6-16(18(11-14)25-3)12-23-20(22-2)24-13-19(26-4)15-7-9-17(21)10-8-15;/h5-11,19H,12-13H2,1-4H3,(H2,22,23,24);1H. The molecule has 0 aromatic heterocycles. The summed E-state index contributed by atoms with van der Waals surface area (Å²) >= 11 is 0. The minimum absolute atomic E-state index is 0. The van der Waals surface area contributed by atoms with E-state index >= 15 is 0 Å². The van der Waals surface area contributed by atoms with E-state index in [1.807, 2.05) is 25.1 Å². The van der Waals surface area contributed by atoms with Gasteiger partial charge in [0.2, 0.25) is 0 Å². The molecule has 0 fully saturated rings. The minimum Gasteiger partial charge on any atom is -0.496 e. The van der Waals surface area contributed by atoms with Crippen molar-refractivity contribution in [2.45, 2.75) is 19.6 Å². The van der Waals surface area contributed by atoms with Gasteiger partial charge in [0.1, 0.15) is 11.6 Å². The summed E-state index contributed by atoms with van der Waals surface area (Å²) in [7, 11) is 5.00. The van der Waals surface area contributed by atoms with Gasteiger partial charge in [-0.25, -0.2) is 4.39 Å². The number of benzene rings is 2. The van der Waals surface area contributed by atoms with Gasteiger partial charge in [-0.05, 0) is 36.2 Å². The molecule has 0 aliphatic rings. The molecule has 0 amide bonds. The largest absolute Gasteiger partial charge is 0.496 e. The molecule has 0 radical (unpaired) electrons. The average molecular weight is 487 g/mol. The molecule has 2 aromatic carbocycles. The van der Waals surface area contributed by atoms with E-state index in [-0.39, 0.29) is 35.9 Å². The number of hydrogen-bond acceptors (Lipinski definition) is 3. The predicted octanol–water partition coefficient (Wildman–Crippen LogP) is 3.81. The van der Waals surface area contributed by atoms with Gasteiger partial charge < -0.3 is 20.1 Å². The Kier molecular flexibility index (Phi) is 10.1. The minimum atomic E-state index is -0.263. The fourth-order valence-corrected chi connectivity index (χ4v) is 2.60. The molecule has 1 unspecified atom stereocenters. The van der Waals surface area contributed by atoms with E-state index < -0.39 is 0 Å². The number of hydrogen-bond donors (Lipinski definition) is 2. The van der Waals surface area contributed by atoms with Gasteiger partial charge in [-0.3, -0.25) is 4.99 Å². The number of rotatable bonds is 7. The first-order valence-corrected chi connectivity index (χ1v) is 8.43. The maximum Gasteiger partial charge on any atom is 0.191 e. The molecule has 27 heavy (non-hydrogen) atoms. The molecule has 0 saturated carbocycles. The molecule has 0 aliphatic heterocycles. The Labute approximate surface area is 177 Å². The lowest BCUT2D eigenvalue weighted by Gasteiger charge is -2.19. The summed E-state index contributed by atoms with van der Waals surface area (Å²) in [6, 6.07) is 12.4. The molecule has 148 valence electrons. The number of methoxy groups -OCH3 is 2. The van der Waals surface area contributed by atoms with Gasteiger partial charge in [-0.1, -0.05) is 24.3 Å². The van der Waals surface area contributed by atoms with Crippen LogP contribution in [0, 0.1) is 12.7 Å². The van der Waals surface area contributed by atoms with Crippen molar-refractivity contribution in [3.8, 4) is 5.75 Å². The number of aliphatic imine (C=N–C) groups is 1. The zero-order valence-corrected chi connectivity index (χ0v) is 18.4. The molecule has 0 aliphatic carbocycles. The molecule has 0 spiro atoms. The van der Waals surface area contributed by atoms with Gasteiger partial charge in [0.15, 0.2) is 5.96 Å². The number of nitrogens with zero attached hydrogens (tertiary/aromatic N) is 1. The van der Waals surface area contributed by atoms with E-state index in [0.29, 0.717) is 19.0 Å². The second-order valence-electron chi connectivity index (χ2n) is 5.90. The van der Waals surface area contributed by atoms with Crippen molar-refractivity contribution < 1.29 is 13.9 Å². The Morgan fingerprint density at radius 3 is 2.41 bits per heavy atom. The highest BCUT2D eigenvalue weighted by molar-refractivity contribution is 14.0. The van der Waals surface area contributed by atoms with E-state index in [2.05, 4.69) is 15.6 Å². The summed E-state index contributed by atoms with van der Waals surface area (Å²) in [4.78, 5) is 4.23. The molecule has 2 N–H and O–H groups in total. The highest BCUT2D eigenvalue weighted by Gasteiger charge is 2.12. The number of ether oxygens (including phenoxy) is 2. The van der Waals surface area contributed by atoms with Crippen molar-refractivity contribution in [1.29, 1.82) is 0 Å². The molecule has 0 bridgehead atoms. The quantitative estimate of drug-likeness (QED) is 0.355. The smallest absolute Gasteiger partial charge is 0.191 e. The molecular weight excluding hydrogens is 460 g/mol. The molecule has 2 rings (SSSR count). The zero-order chi connectivity index (χ0) is 18.9. The monoisotopic (exact) mass is 487 g/mol. The Hall–Kier alpha value is -1.87.